The van der Waals surface area contributed by atoms with E-state index in [1.807, 2.05) is 27.7 Å². The smallest absolute Gasteiger partial charge is 0.313 e. The van der Waals surface area contributed by atoms with Gasteiger partial charge in [0.25, 0.3) is 0 Å². The van der Waals surface area contributed by atoms with Crippen molar-refractivity contribution in [1.82, 2.24) is 0 Å². The molecule has 0 aliphatic rings. The molecular weight excluding hydrogens is 208 g/mol. The number of hydrogen-bond donors (Lipinski definition) is 0. The summed E-state index contributed by atoms with van der Waals surface area (Å²) in [5.74, 6) is -0.700. The van der Waals surface area contributed by atoms with Gasteiger partial charge in [0.1, 0.15) is 12.5 Å². The van der Waals surface area contributed by atoms with Crippen molar-refractivity contribution in [3.8, 4) is 0 Å². The fourth-order valence-corrected chi connectivity index (χ4v) is 1.44. The Kier molecular flexibility index (Phi) is 6.26. The van der Waals surface area contributed by atoms with Crippen LogP contribution in [0.3, 0.4) is 0 Å². The molecule has 0 bridgehead atoms. The molecule has 0 N–H and O–H groups in total. The largest absolute Gasteiger partial charge is 0.466 e. The second-order valence-electron chi connectivity index (χ2n) is 4.65. The fraction of sp³-hybridized carbons (Fsp3) is 0.833. The second kappa shape index (κ2) is 6.63. The van der Waals surface area contributed by atoms with Gasteiger partial charge in [-0.3, -0.25) is 9.59 Å². The van der Waals surface area contributed by atoms with Gasteiger partial charge in [0.05, 0.1) is 6.61 Å². The Bertz CT molecular complexity index is 240. The van der Waals surface area contributed by atoms with E-state index in [4.69, 9.17) is 9.47 Å². The average Bonchev–Trinajstić information content (AvgIpc) is 2.12. The zero-order chi connectivity index (χ0) is 12.8. The predicted octanol–water partition coefficient (Wildman–Crippen LogP) is 1.96. The first kappa shape index (κ1) is 15.1. The number of esters is 1. The zero-order valence-electron chi connectivity index (χ0n) is 10.8. The lowest BCUT2D eigenvalue weighted by molar-refractivity contribution is -0.150. The van der Waals surface area contributed by atoms with Crippen LogP contribution in [0.25, 0.3) is 0 Å². The Hall–Kier alpha value is -0.900. The summed E-state index contributed by atoms with van der Waals surface area (Å²) in [7, 11) is 0. The van der Waals surface area contributed by atoms with Gasteiger partial charge in [-0.15, -0.1) is 0 Å². The van der Waals surface area contributed by atoms with Crippen LogP contribution in [-0.4, -0.2) is 31.1 Å². The molecule has 0 fully saturated rings. The van der Waals surface area contributed by atoms with Crippen LogP contribution in [0.1, 0.15) is 41.0 Å². The second-order valence-corrected chi connectivity index (χ2v) is 4.65. The van der Waals surface area contributed by atoms with E-state index in [0.717, 1.165) is 0 Å². The summed E-state index contributed by atoms with van der Waals surface area (Å²) in [6.07, 6.45) is -0.766. The minimum Gasteiger partial charge on any atom is -0.466 e. The normalized spacial score (nSPS) is 13.3. The predicted molar refractivity (Wildman–Crippen MR) is 61.1 cm³/mol. The maximum atomic E-state index is 11.8. The summed E-state index contributed by atoms with van der Waals surface area (Å²) < 4.78 is 10.1. The van der Waals surface area contributed by atoms with Gasteiger partial charge in [-0.2, -0.15) is 0 Å². The lowest BCUT2D eigenvalue weighted by Gasteiger charge is -2.28. The van der Waals surface area contributed by atoms with Crippen LogP contribution in [0.4, 0.5) is 0 Å². The van der Waals surface area contributed by atoms with Crippen molar-refractivity contribution in [3.63, 3.8) is 0 Å². The Morgan fingerprint density at radius 2 is 1.69 bits per heavy atom. The van der Waals surface area contributed by atoms with Crippen LogP contribution in [0, 0.1) is 5.41 Å². The van der Waals surface area contributed by atoms with E-state index in [2.05, 4.69) is 0 Å². The summed E-state index contributed by atoms with van der Waals surface area (Å²) in [6.45, 7) is 10.0. The first-order valence-corrected chi connectivity index (χ1v) is 5.62. The van der Waals surface area contributed by atoms with Crippen molar-refractivity contribution in [3.05, 3.63) is 0 Å². The molecule has 4 nitrogen and oxygen atoms in total. The fourth-order valence-electron chi connectivity index (χ4n) is 1.44. The van der Waals surface area contributed by atoms with E-state index < -0.39 is 12.1 Å². The molecule has 0 saturated carbocycles. The highest BCUT2D eigenvalue weighted by molar-refractivity contribution is 5.98. The lowest BCUT2D eigenvalue weighted by Crippen LogP contribution is -2.38. The molecule has 0 saturated heterocycles. The monoisotopic (exact) mass is 230 g/mol. The van der Waals surface area contributed by atoms with Crippen molar-refractivity contribution in [2.24, 2.45) is 5.41 Å². The molecule has 0 rings (SSSR count). The van der Waals surface area contributed by atoms with E-state index in [0.29, 0.717) is 13.2 Å². The Morgan fingerprint density at radius 3 is 2.06 bits per heavy atom. The summed E-state index contributed by atoms with van der Waals surface area (Å²) in [6, 6.07) is 0. The van der Waals surface area contributed by atoms with Gasteiger partial charge in [-0.25, -0.2) is 0 Å². The molecule has 94 valence electrons. The standard InChI is InChI=1S/C12H22O4/c1-6-15-10(14)8-9(13)11(16-7-2)12(3,4)5/h11H,6-8H2,1-5H3. The van der Waals surface area contributed by atoms with Crippen LogP contribution in [0.5, 0.6) is 0 Å². The SMILES string of the molecule is CCOC(=O)CC(=O)C(OCC)C(C)(C)C. The lowest BCUT2D eigenvalue weighted by atomic mass is 9.85. The minimum absolute atomic E-state index is 0.213. The maximum absolute atomic E-state index is 11.8. The number of rotatable bonds is 6. The third-order valence-electron chi connectivity index (χ3n) is 2.04. The van der Waals surface area contributed by atoms with Crippen molar-refractivity contribution in [1.29, 1.82) is 0 Å². The van der Waals surface area contributed by atoms with Crippen LogP contribution < -0.4 is 0 Å². The Labute approximate surface area is 97.3 Å². The molecule has 0 aliphatic heterocycles. The molecule has 0 aromatic carbocycles. The van der Waals surface area contributed by atoms with Gasteiger partial charge in [-0.05, 0) is 19.3 Å². The number of hydrogen-bond acceptors (Lipinski definition) is 4. The highest BCUT2D eigenvalue weighted by atomic mass is 16.5. The molecule has 0 aromatic rings. The van der Waals surface area contributed by atoms with Crippen molar-refractivity contribution in [2.45, 2.75) is 47.1 Å². The number of carbonyl (C=O) groups excluding carboxylic acids is 2. The first-order chi connectivity index (χ1) is 7.32. The number of carbonyl (C=O) groups is 2. The quantitative estimate of drug-likeness (QED) is 0.517. The van der Waals surface area contributed by atoms with Gasteiger partial charge in [0.2, 0.25) is 0 Å². The molecule has 1 unspecified atom stereocenters. The van der Waals surface area contributed by atoms with E-state index in [9.17, 15) is 9.59 Å². The van der Waals surface area contributed by atoms with Gasteiger partial charge in [0.15, 0.2) is 5.78 Å². The van der Waals surface area contributed by atoms with E-state index >= 15 is 0 Å². The highest BCUT2D eigenvalue weighted by Gasteiger charge is 2.32. The van der Waals surface area contributed by atoms with E-state index in [1.54, 1.807) is 6.92 Å². The van der Waals surface area contributed by atoms with Gasteiger partial charge < -0.3 is 9.47 Å². The Morgan fingerprint density at radius 1 is 1.12 bits per heavy atom. The van der Waals surface area contributed by atoms with Crippen molar-refractivity contribution < 1.29 is 19.1 Å². The number of ether oxygens (including phenoxy) is 2. The number of ketones is 1. The molecule has 0 aliphatic carbocycles. The molecule has 1 atom stereocenters. The zero-order valence-corrected chi connectivity index (χ0v) is 10.8. The summed E-state index contributed by atoms with van der Waals surface area (Å²) >= 11 is 0. The molecule has 0 aromatic heterocycles. The molecule has 4 heteroatoms. The van der Waals surface area contributed by atoms with Crippen LogP contribution in [0.15, 0.2) is 0 Å². The third kappa shape index (κ3) is 5.26. The van der Waals surface area contributed by atoms with Crippen LogP contribution in [0.2, 0.25) is 0 Å². The van der Waals surface area contributed by atoms with Gasteiger partial charge in [0, 0.05) is 6.61 Å². The topological polar surface area (TPSA) is 52.6 Å². The summed E-state index contributed by atoms with van der Waals surface area (Å²) in [4.78, 5) is 23.0. The van der Waals surface area contributed by atoms with Crippen LogP contribution in [-0.2, 0) is 19.1 Å². The maximum Gasteiger partial charge on any atom is 0.313 e. The molecule has 0 amide bonds. The highest BCUT2D eigenvalue weighted by Crippen LogP contribution is 2.24. The first-order valence-electron chi connectivity index (χ1n) is 5.62. The number of Topliss-reactive ketones (excluding diaryl/α,β-unsaturated/α-hetero) is 1. The molecule has 16 heavy (non-hydrogen) atoms. The van der Waals surface area contributed by atoms with Crippen molar-refractivity contribution >= 4 is 11.8 Å². The molecule has 0 radical (unpaired) electrons. The average molecular weight is 230 g/mol. The third-order valence-corrected chi connectivity index (χ3v) is 2.04. The van der Waals surface area contributed by atoms with Gasteiger partial charge >= 0.3 is 5.97 Å². The molecular formula is C12H22O4. The summed E-state index contributed by atoms with van der Waals surface area (Å²) in [5, 5.41) is 0. The van der Waals surface area contributed by atoms with E-state index in [1.165, 1.54) is 0 Å². The van der Waals surface area contributed by atoms with Gasteiger partial charge in [-0.1, -0.05) is 20.8 Å². The minimum atomic E-state index is -0.554. The van der Waals surface area contributed by atoms with E-state index in [-0.39, 0.29) is 17.6 Å². The van der Waals surface area contributed by atoms with Crippen LogP contribution >= 0.6 is 0 Å². The molecule has 0 heterocycles. The molecule has 0 spiro atoms. The van der Waals surface area contributed by atoms with Crippen molar-refractivity contribution in [2.75, 3.05) is 13.2 Å². The summed E-state index contributed by atoms with van der Waals surface area (Å²) in [5.41, 5.74) is -0.306. The Balaban J connectivity index is 4.45.